The summed E-state index contributed by atoms with van der Waals surface area (Å²) in [7, 11) is 0. The number of thiazole rings is 1. The molecule has 4 aromatic rings. The van der Waals surface area contributed by atoms with Gasteiger partial charge in [0, 0.05) is 5.92 Å². The van der Waals surface area contributed by atoms with E-state index in [9.17, 15) is 14.4 Å². The maximum atomic E-state index is 13.2. The zero-order valence-electron chi connectivity index (χ0n) is 22.3. The van der Waals surface area contributed by atoms with Crippen molar-refractivity contribution in [3.8, 4) is 11.1 Å². The first kappa shape index (κ1) is 28.0. The van der Waals surface area contributed by atoms with Crippen LogP contribution in [0.2, 0.25) is 0 Å². The van der Waals surface area contributed by atoms with Crippen molar-refractivity contribution in [3.63, 3.8) is 0 Å². The first-order valence-electron chi connectivity index (χ1n) is 13.1. The fourth-order valence-electron chi connectivity index (χ4n) is 4.82. The minimum absolute atomic E-state index is 0.00501. The van der Waals surface area contributed by atoms with Crippen LogP contribution in [-0.4, -0.2) is 46.8 Å². The molecule has 0 bridgehead atoms. The van der Waals surface area contributed by atoms with E-state index in [1.807, 2.05) is 66.7 Å². The van der Waals surface area contributed by atoms with Crippen LogP contribution in [0.25, 0.3) is 11.1 Å². The Morgan fingerprint density at radius 1 is 0.951 bits per heavy atom. The number of nitrogens with one attached hydrogen (secondary N) is 2. The average Bonchev–Trinajstić information content (AvgIpc) is 3.60. The van der Waals surface area contributed by atoms with Crippen molar-refractivity contribution in [2.75, 3.05) is 6.61 Å². The van der Waals surface area contributed by atoms with Gasteiger partial charge in [0.1, 0.15) is 22.5 Å². The summed E-state index contributed by atoms with van der Waals surface area (Å²) in [6.07, 6.45) is -0.210. The quantitative estimate of drug-likeness (QED) is 0.232. The van der Waals surface area contributed by atoms with Gasteiger partial charge in [-0.2, -0.15) is 0 Å². The van der Waals surface area contributed by atoms with Crippen molar-refractivity contribution < 1.29 is 29.0 Å². The summed E-state index contributed by atoms with van der Waals surface area (Å²) in [5, 5.41) is 15.0. The Kier molecular flexibility index (Phi) is 8.71. The first-order valence-corrected chi connectivity index (χ1v) is 13.9. The molecule has 0 radical (unpaired) electrons. The molecule has 5 rings (SSSR count). The molecule has 0 saturated heterocycles. The molecule has 2 atom stereocenters. The van der Waals surface area contributed by atoms with Gasteiger partial charge < -0.3 is 25.2 Å². The van der Waals surface area contributed by atoms with E-state index < -0.39 is 30.1 Å². The zero-order chi connectivity index (χ0) is 28.8. The summed E-state index contributed by atoms with van der Waals surface area (Å²) in [5.74, 6) is -1.72. The molecule has 0 spiro atoms. The topological polar surface area (TPSA) is 127 Å². The molecular formula is C31H29N3O6S. The second-order valence-electron chi connectivity index (χ2n) is 9.59. The van der Waals surface area contributed by atoms with Crippen molar-refractivity contribution in [3.05, 3.63) is 112 Å². The third kappa shape index (κ3) is 6.62. The molecule has 1 aromatic heterocycles. The Bertz CT molecular complexity index is 1490. The van der Waals surface area contributed by atoms with Crippen molar-refractivity contribution in [2.45, 2.75) is 38.1 Å². The number of fused-ring (bicyclic) bond motifs is 3. The molecule has 10 heteroatoms. The minimum Gasteiger partial charge on any atom is -0.477 e. The van der Waals surface area contributed by atoms with Gasteiger partial charge >= 0.3 is 12.1 Å². The summed E-state index contributed by atoms with van der Waals surface area (Å²) in [4.78, 5) is 41.5. The molecule has 210 valence electrons. The van der Waals surface area contributed by atoms with E-state index in [0.717, 1.165) is 39.2 Å². The molecule has 9 nitrogen and oxygen atoms in total. The lowest BCUT2D eigenvalue weighted by molar-refractivity contribution is -0.127. The normalized spacial score (nSPS) is 13.5. The molecule has 1 heterocycles. The molecular weight excluding hydrogens is 542 g/mol. The SMILES string of the molecule is C[C@H](OCc1ccccc1)[C@@H](NC(=O)OCC1c2ccccc2-c2ccccc21)C(=O)NCc1ncc(C(=O)O)s1. The van der Waals surface area contributed by atoms with Gasteiger partial charge in [-0.25, -0.2) is 14.6 Å². The highest BCUT2D eigenvalue weighted by Crippen LogP contribution is 2.44. The number of nitrogens with zero attached hydrogens (tertiary/aromatic N) is 1. The first-order chi connectivity index (χ1) is 19.9. The van der Waals surface area contributed by atoms with Gasteiger partial charge in [0.15, 0.2) is 0 Å². The number of carboxylic acids is 1. The second kappa shape index (κ2) is 12.8. The average molecular weight is 572 g/mol. The van der Waals surface area contributed by atoms with Gasteiger partial charge in [-0.05, 0) is 34.7 Å². The lowest BCUT2D eigenvalue weighted by atomic mass is 9.98. The van der Waals surface area contributed by atoms with Crippen molar-refractivity contribution >= 4 is 29.3 Å². The number of rotatable bonds is 11. The van der Waals surface area contributed by atoms with E-state index in [1.54, 1.807) is 6.92 Å². The number of aromatic carboxylic acids is 1. The van der Waals surface area contributed by atoms with E-state index >= 15 is 0 Å². The largest absolute Gasteiger partial charge is 0.477 e. The van der Waals surface area contributed by atoms with Crippen LogP contribution in [0.3, 0.4) is 0 Å². The van der Waals surface area contributed by atoms with Crippen LogP contribution in [0.5, 0.6) is 0 Å². The van der Waals surface area contributed by atoms with Crippen LogP contribution in [0.4, 0.5) is 4.79 Å². The molecule has 0 unspecified atom stereocenters. The molecule has 0 saturated carbocycles. The number of amides is 2. The molecule has 41 heavy (non-hydrogen) atoms. The smallest absolute Gasteiger partial charge is 0.407 e. The summed E-state index contributed by atoms with van der Waals surface area (Å²) in [6, 6.07) is 24.5. The zero-order valence-corrected chi connectivity index (χ0v) is 23.1. The lowest BCUT2D eigenvalue weighted by Gasteiger charge is -2.25. The highest BCUT2D eigenvalue weighted by molar-refractivity contribution is 7.13. The number of carbonyl (C=O) groups is 3. The molecule has 3 aromatic carbocycles. The monoisotopic (exact) mass is 571 g/mol. The number of carboxylic acid groups (broad SMARTS) is 1. The fraction of sp³-hybridized carbons (Fsp3) is 0.226. The van der Waals surface area contributed by atoms with Crippen LogP contribution in [-0.2, 0) is 27.4 Å². The van der Waals surface area contributed by atoms with Crippen LogP contribution in [0, 0.1) is 0 Å². The number of ether oxygens (including phenoxy) is 2. The predicted molar refractivity (Wildman–Crippen MR) is 154 cm³/mol. The molecule has 1 aliphatic carbocycles. The van der Waals surface area contributed by atoms with Crippen LogP contribution in [0.15, 0.2) is 85.1 Å². The van der Waals surface area contributed by atoms with Crippen LogP contribution < -0.4 is 10.6 Å². The van der Waals surface area contributed by atoms with Crippen molar-refractivity contribution in [2.24, 2.45) is 0 Å². The third-order valence-electron chi connectivity index (χ3n) is 6.90. The van der Waals surface area contributed by atoms with Gasteiger partial charge in [0.25, 0.3) is 0 Å². The highest BCUT2D eigenvalue weighted by atomic mass is 32.1. The van der Waals surface area contributed by atoms with Crippen LogP contribution in [0.1, 0.15) is 44.2 Å². The molecule has 0 aliphatic heterocycles. The number of carbonyl (C=O) groups excluding carboxylic acids is 2. The van der Waals surface area contributed by atoms with Crippen LogP contribution >= 0.6 is 11.3 Å². The highest BCUT2D eigenvalue weighted by Gasteiger charge is 2.31. The van der Waals surface area contributed by atoms with Gasteiger partial charge in [-0.1, -0.05) is 78.9 Å². The Morgan fingerprint density at radius 2 is 1.59 bits per heavy atom. The van der Waals surface area contributed by atoms with Crippen molar-refractivity contribution in [1.82, 2.24) is 15.6 Å². The Labute approximate surface area is 241 Å². The number of hydrogen-bond acceptors (Lipinski definition) is 7. The van der Waals surface area contributed by atoms with E-state index in [2.05, 4.69) is 27.8 Å². The van der Waals surface area contributed by atoms with E-state index in [1.165, 1.54) is 6.20 Å². The fourth-order valence-corrected chi connectivity index (χ4v) is 5.52. The van der Waals surface area contributed by atoms with Gasteiger partial charge in [-0.15, -0.1) is 11.3 Å². The maximum absolute atomic E-state index is 13.2. The Balaban J connectivity index is 1.25. The summed E-state index contributed by atoms with van der Waals surface area (Å²) in [5.41, 5.74) is 5.32. The number of hydrogen-bond donors (Lipinski definition) is 3. The molecule has 3 N–H and O–H groups in total. The van der Waals surface area contributed by atoms with Crippen molar-refractivity contribution in [1.29, 1.82) is 0 Å². The third-order valence-corrected chi connectivity index (χ3v) is 7.89. The van der Waals surface area contributed by atoms with Gasteiger partial charge in [0.05, 0.1) is 25.5 Å². The summed E-state index contributed by atoms with van der Waals surface area (Å²) in [6.45, 7) is 2.05. The Hall–Kier alpha value is -4.54. The second-order valence-corrected chi connectivity index (χ2v) is 10.7. The minimum atomic E-state index is -1.09. The Morgan fingerprint density at radius 3 is 2.22 bits per heavy atom. The lowest BCUT2D eigenvalue weighted by Crippen LogP contribution is -2.53. The standard InChI is InChI=1S/C31H29N3O6S/c1-19(39-17-20-9-3-2-4-10-20)28(29(35)33-16-27-32-15-26(41-27)30(36)37)34-31(38)40-18-25-23-13-7-5-11-21(23)22-12-6-8-14-24(22)25/h2-15,19,25,28H,16-18H2,1H3,(H,33,35)(H,34,38)(H,36,37)/t19-,28+/m0/s1. The molecule has 1 aliphatic rings. The number of aromatic nitrogens is 1. The summed E-state index contributed by atoms with van der Waals surface area (Å²) < 4.78 is 11.6. The molecule has 2 amide bonds. The number of benzene rings is 3. The maximum Gasteiger partial charge on any atom is 0.407 e. The van der Waals surface area contributed by atoms with Gasteiger partial charge in [0.2, 0.25) is 5.91 Å². The number of alkyl carbamates (subject to hydrolysis) is 1. The van der Waals surface area contributed by atoms with Gasteiger partial charge in [-0.3, -0.25) is 4.79 Å². The van der Waals surface area contributed by atoms with E-state index in [4.69, 9.17) is 14.6 Å². The molecule has 0 fully saturated rings. The summed E-state index contributed by atoms with van der Waals surface area (Å²) >= 11 is 0.967. The predicted octanol–water partition coefficient (Wildman–Crippen LogP) is 4.97. The van der Waals surface area contributed by atoms with E-state index in [0.29, 0.717) is 5.01 Å². The van der Waals surface area contributed by atoms with E-state index in [-0.39, 0.29) is 30.6 Å².